The second-order valence-electron chi connectivity index (χ2n) is 3.78. The lowest BCUT2D eigenvalue weighted by Gasteiger charge is -2.05. The SMILES string of the molecule is CCS(=O)(=O)NCc1cncc(-c2ccco2)c1. The van der Waals surface area contributed by atoms with Gasteiger partial charge in [-0.15, -0.1) is 0 Å². The number of nitrogens with zero attached hydrogens (tertiary/aromatic N) is 1. The van der Waals surface area contributed by atoms with Gasteiger partial charge in [-0.05, 0) is 30.7 Å². The van der Waals surface area contributed by atoms with Crippen molar-refractivity contribution in [1.29, 1.82) is 0 Å². The zero-order chi connectivity index (χ0) is 13.0. The number of pyridine rings is 1. The van der Waals surface area contributed by atoms with E-state index in [-0.39, 0.29) is 12.3 Å². The fourth-order valence-corrected chi connectivity index (χ4v) is 2.05. The van der Waals surface area contributed by atoms with Crippen molar-refractivity contribution in [2.75, 3.05) is 5.75 Å². The molecule has 0 aromatic carbocycles. The van der Waals surface area contributed by atoms with E-state index in [2.05, 4.69) is 9.71 Å². The Morgan fingerprint density at radius 1 is 1.39 bits per heavy atom. The normalized spacial score (nSPS) is 11.6. The van der Waals surface area contributed by atoms with E-state index in [1.54, 1.807) is 31.6 Å². The summed E-state index contributed by atoms with van der Waals surface area (Å²) >= 11 is 0. The maximum atomic E-state index is 11.3. The molecule has 2 heterocycles. The predicted octanol–water partition coefficient (Wildman–Crippen LogP) is 1.78. The minimum Gasteiger partial charge on any atom is -0.464 e. The van der Waals surface area contributed by atoms with Gasteiger partial charge in [0.15, 0.2) is 0 Å². The van der Waals surface area contributed by atoms with Crippen molar-refractivity contribution >= 4 is 10.0 Å². The highest BCUT2D eigenvalue weighted by atomic mass is 32.2. The molecule has 0 spiro atoms. The molecule has 0 radical (unpaired) electrons. The lowest BCUT2D eigenvalue weighted by molar-refractivity contribution is 0.581. The Hall–Kier alpha value is -1.66. The molecule has 5 nitrogen and oxygen atoms in total. The van der Waals surface area contributed by atoms with Gasteiger partial charge in [-0.3, -0.25) is 4.98 Å². The summed E-state index contributed by atoms with van der Waals surface area (Å²) in [6, 6.07) is 5.48. The monoisotopic (exact) mass is 266 g/mol. The largest absolute Gasteiger partial charge is 0.464 e. The molecule has 2 aromatic heterocycles. The zero-order valence-electron chi connectivity index (χ0n) is 9.96. The third-order valence-corrected chi connectivity index (χ3v) is 3.82. The topological polar surface area (TPSA) is 72.2 Å². The molecule has 0 fully saturated rings. The van der Waals surface area contributed by atoms with Crippen molar-refractivity contribution in [3.63, 3.8) is 0 Å². The molecule has 2 rings (SSSR count). The summed E-state index contributed by atoms with van der Waals surface area (Å²) in [5.74, 6) is 0.779. The summed E-state index contributed by atoms with van der Waals surface area (Å²) in [4.78, 5) is 4.07. The highest BCUT2D eigenvalue weighted by Crippen LogP contribution is 2.19. The Morgan fingerprint density at radius 3 is 2.89 bits per heavy atom. The molecule has 1 N–H and O–H groups in total. The summed E-state index contributed by atoms with van der Waals surface area (Å²) in [6.07, 6.45) is 4.89. The molecule has 0 aliphatic carbocycles. The Morgan fingerprint density at radius 2 is 2.22 bits per heavy atom. The van der Waals surface area contributed by atoms with E-state index in [9.17, 15) is 8.42 Å². The fraction of sp³-hybridized carbons (Fsp3) is 0.250. The first kappa shape index (κ1) is 12.8. The van der Waals surface area contributed by atoms with Crippen LogP contribution < -0.4 is 4.72 Å². The standard InChI is InChI=1S/C12H14N2O3S/c1-2-18(15,16)14-8-10-6-11(9-13-7-10)12-4-3-5-17-12/h3-7,9,14H,2,8H2,1H3. The summed E-state index contributed by atoms with van der Waals surface area (Å²) < 4.78 is 30.4. The van der Waals surface area contributed by atoms with Crippen LogP contribution in [0.2, 0.25) is 0 Å². The Bertz CT molecular complexity index is 606. The van der Waals surface area contributed by atoms with E-state index in [0.717, 1.165) is 11.1 Å². The van der Waals surface area contributed by atoms with Crippen LogP contribution in [0.3, 0.4) is 0 Å². The maximum Gasteiger partial charge on any atom is 0.211 e. The van der Waals surface area contributed by atoms with Gasteiger partial charge in [0.1, 0.15) is 5.76 Å². The van der Waals surface area contributed by atoms with Crippen LogP contribution in [0.15, 0.2) is 41.3 Å². The molecule has 18 heavy (non-hydrogen) atoms. The van der Waals surface area contributed by atoms with Crippen molar-refractivity contribution in [1.82, 2.24) is 9.71 Å². The number of nitrogens with one attached hydrogen (secondary N) is 1. The first-order valence-corrected chi connectivity index (χ1v) is 7.21. The van der Waals surface area contributed by atoms with Crippen LogP contribution in [0, 0.1) is 0 Å². The van der Waals surface area contributed by atoms with E-state index in [1.807, 2.05) is 12.1 Å². The smallest absolute Gasteiger partial charge is 0.211 e. The van der Waals surface area contributed by atoms with Crippen LogP contribution >= 0.6 is 0 Å². The van der Waals surface area contributed by atoms with E-state index < -0.39 is 10.0 Å². The fourth-order valence-electron chi connectivity index (χ4n) is 1.46. The molecular weight excluding hydrogens is 252 g/mol. The first-order valence-electron chi connectivity index (χ1n) is 5.56. The third kappa shape index (κ3) is 3.18. The molecule has 0 aliphatic rings. The molecule has 0 saturated heterocycles. The number of furan rings is 1. The van der Waals surface area contributed by atoms with Gasteiger partial charge in [0.25, 0.3) is 0 Å². The number of aromatic nitrogens is 1. The average Bonchev–Trinajstić information content (AvgIpc) is 2.91. The van der Waals surface area contributed by atoms with Crippen molar-refractivity contribution in [2.45, 2.75) is 13.5 Å². The summed E-state index contributed by atoms with van der Waals surface area (Å²) in [5.41, 5.74) is 1.62. The third-order valence-electron chi connectivity index (χ3n) is 2.48. The van der Waals surface area contributed by atoms with Gasteiger partial charge >= 0.3 is 0 Å². The molecule has 0 amide bonds. The summed E-state index contributed by atoms with van der Waals surface area (Å²) in [5, 5.41) is 0. The second-order valence-corrected chi connectivity index (χ2v) is 5.88. The van der Waals surface area contributed by atoms with Crippen LogP contribution in [0.1, 0.15) is 12.5 Å². The highest BCUT2D eigenvalue weighted by molar-refractivity contribution is 7.89. The van der Waals surface area contributed by atoms with Gasteiger partial charge in [-0.1, -0.05) is 0 Å². The highest BCUT2D eigenvalue weighted by Gasteiger charge is 2.07. The van der Waals surface area contributed by atoms with Gasteiger partial charge in [0.2, 0.25) is 10.0 Å². The van der Waals surface area contributed by atoms with E-state index in [1.165, 1.54) is 0 Å². The Labute approximate surface area is 106 Å². The first-order chi connectivity index (χ1) is 8.61. The van der Waals surface area contributed by atoms with Crippen LogP contribution in [0.5, 0.6) is 0 Å². The number of sulfonamides is 1. The van der Waals surface area contributed by atoms with E-state index >= 15 is 0 Å². The minimum absolute atomic E-state index is 0.0678. The molecule has 0 atom stereocenters. The lowest BCUT2D eigenvalue weighted by atomic mass is 10.2. The molecule has 6 heteroatoms. The number of hydrogen-bond donors (Lipinski definition) is 1. The molecular formula is C12H14N2O3S. The molecule has 96 valence electrons. The van der Waals surface area contributed by atoms with Crippen LogP contribution in [-0.4, -0.2) is 19.2 Å². The van der Waals surface area contributed by atoms with Gasteiger partial charge in [0, 0.05) is 24.5 Å². The minimum atomic E-state index is -3.19. The van der Waals surface area contributed by atoms with Gasteiger partial charge in [0.05, 0.1) is 12.0 Å². The Balaban J connectivity index is 2.14. The van der Waals surface area contributed by atoms with Crippen molar-refractivity contribution < 1.29 is 12.8 Å². The number of hydrogen-bond acceptors (Lipinski definition) is 4. The van der Waals surface area contributed by atoms with E-state index in [4.69, 9.17) is 4.42 Å². The molecule has 0 unspecified atom stereocenters. The zero-order valence-corrected chi connectivity index (χ0v) is 10.8. The van der Waals surface area contributed by atoms with Crippen LogP contribution in [0.4, 0.5) is 0 Å². The van der Waals surface area contributed by atoms with Crippen LogP contribution in [-0.2, 0) is 16.6 Å². The van der Waals surface area contributed by atoms with Crippen molar-refractivity contribution in [2.24, 2.45) is 0 Å². The van der Waals surface area contributed by atoms with E-state index in [0.29, 0.717) is 5.76 Å². The number of rotatable bonds is 5. The van der Waals surface area contributed by atoms with Crippen molar-refractivity contribution in [3.8, 4) is 11.3 Å². The molecule has 2 aromatic rings. The quantitative estimate of drug-likeness (QED) is 0.895. The predicted molar refractivity (Wildman–Crippen MR) is 68.2 cm³/mol. The van der Waals surface area contributed by atoms with Gasteiger partial charge in [-0.25, -0.2) is 13.1 Å². The molecule has 0 aliphatic heterocycles. The molecule has 0 saturated carbocycles. The average molecular weight is 266 g/mol. The summed E-state index contributed by atoms with van der Waals surface area (Å²) in [7, 11) is -3.19. The second kappa shape index (κ2) is 5.32. The summed E-state index contributed by atoms with van der Waals surface area (Å²) in [6.45, 7) is 1.83. The Kier molecular flexibility index (Phi) is 3.78. The molecule has 0 bridgehead atoms. The lowest BCUT2D eigenvalue weighted by Crippen LogP contribution is -2.24. The van der Waals surface area contributed by atoms with Crippen LogP contribution in [0.25, 0.3) is 11.3 Å². The van der Waals surface area contributed by atoms with Gasteiger partial charge in [-0.2, -0.15) is 0 Å². The van der Waals surface area contributed by atoms with Crippen molar-refractivity contribution in [3.05, 3.63) is 42.4 Å². The maximum absolute atomic E-state index is 11.3. The van der Waals surface area contributed by atoms with Gasteiger partial charge < -0.3 is 4.42 Å².